The summed E-state index contributed by atoms with van der Waals surface area (Å²) in [7, 11) is 0. The first kappa shape index (κ1) is 14.7. The van der Waals surface area contributed by atoms with Crippen LogP contribution in [0.4, 0.5) is 5.69 Å². The fraction of sp³-hybridized carbons (Fsp3) is 0.571. The lowest BCUT2D eigenvalue weighted by molar-refractivity contribution is -0.139. The van der Waals surface area contributed by atoms with E-state index < -0.39 is 5.60 Å². The lowest BCUT2D eigenvalue weighted by Gasteiger charge is -2.42. The summed E-state index contributed by atoms with van der Waals surface area (Å²) >= 11 is 0. The summed E-state index contributed by atoms with van der Waals surface area (Å²) in [6, 6.07) is 1.68. The van der Waals surface area contributed by atoms with Gasteiger partial charge in [0.05, 0.1) is 23.9 Å². The zero-order valence-electron chi connectivity index (χ0n) is 12.1. The number of carbonyl (C=O) groups is 1. The molecule has 0 radical (unpaired) electrons. The maximum Gasteiger partial charge on any atom is 0.257 e. The van der Waals surface area contributed by atoms with Crippen LogP contribution in [0.25, 0.3) is 0 Å². The number of carbonyl (C=O) groups excluding carboxylic acids is 1. The van der Waals surface area contributed by atoms with Crippen molar-refractivity contribution in [3.63, 3.8) is 0 Å². The first-order valence-electron chi connectivity index (χ1n) is 6.62. The summed E-state index contributed by atoms with van der Waals surface area (Å²) in [6.07, 6.45) is 1.13. The Labute approximate surface area is 118 Å². The molecular formula is C14H21N3O3. The van der Waals surface area contributed by atoms with Crippen LogP contribution >= 0.6 is 0 Å². The number of anilines is 1. The number of nitrogens with zero attached hydrogens (tertiary/aromatic N) is 2. The van der Waals surface area contributed by atoms with Crippen molar-refractivity contribution < 1.29 is 14.6 Å². The average molecular weight is 279 g/mol. The molecular weight excluding hydrogens is 258 g/mol. The summed E-state index contributed by atoms with van der Waals surface area (Å²) in [5.41, 5.74) is 6.99. The second-order valence-electron chi connectivity index (χ2n) is 5.78. The molecule has 1 aromatic rings. The van der Waals surface area contributed by atoms with E-state index in [9.17, 15) is 9.90 Å². The van der Waals surface area contributed by atoms with E-state index in [0.717, 1.165) is 5.69 Å². The standard InChI is InChI=1S/C14H21N3O3/c1-9-4-12(15)11(5-16-9)13(19)17-6-10(7-18)20-14(2,3)8-17/h4-5,10,18H,6-8H2,1-3H3,(H2,15,16). The van der Waals surface area contributed by atoms with E-state index in [0.29, 0.717) is 24.3 Å². The molecule has 1 atom stereocenters. The van der Waals surface area contributed by atoms with Crippen LogP contribution in [0.3, 0.4) is 0 Å². The molecule has 6 heteroatoms. The van der Waals surface area contributed by atoms with E-state index >= 15 is 0 Å². The van der Waals surface area contributed by atoms with Crippen molar-refractivity contribution >= 4 is 11.6 Å². The minimum Gasteiger partial charge on any atom is -0.398 e. The van der Waals surface area contributed by atoms with Crippen molar-refractivity contribution in [2.24, 2.45) is 0 Å². The Morgan fingerprint density at radius 1 is 1.65 bits per heavy atom. The second-order valence-corrected chi connectivity index (χ2v) is 5.78. The number of aromatic nitrogens is 1. The van der Waals surface area contributed by atoms with Crippen molar-refractivity contribution in [2.45, 2.75) is 32.5 Å². The number of aliphatic hydroxyl groups is 1. The Bertz CT molecular complexity index is 516. The number of morpholine rings is 1. The van der Waals surface area contributed by atoms with Crippen LogP contribution < -0.4 is 5.73 Å². The van der Waals surface area contributed by atoms with Gasteiger partial charge in [0.15, 0.2) is 0 Å². The van der Waals surface area contributed by atoms with Gasteiger partial charge in [-0.1, -0.05) is 0 Å². The molecule has 110 valence electrons. The fourth-order valence-electron chi connectivity index (χ4n) is 2.48. The number of ether oxygens (including phenoxy) is 1. The number of nitrogens with two attached hydrogens (primary N) is 1. The molecule has 1 aliphatic rings. The number of pyridine rings is 1. The molecule has 1 fully saturated rings. The van der Waals surface area contributed by atoms with Gasteiger partial charge in [0.1, 0.15) is 0 Å². The van der Waals surface area contributed by atoms with Gasteiger partial charge < -0.3 is 20.5 Å². The van der Waals surface area contributed by atoms with Crippen molar-refractivity contribution in [2.75, 3.05) is 25.4 Å². The molecule has 1 saturated heterocycles. The summed E-state index contributed by atoms with van der Waals surface area (Å²) in [6.45, 7) is 6.30. The van der Waals surface area contributed by atoms with Gasteiger partial charge in [0.25, 0.3) is 5.91 Å². The van der Waals surface area contributed by atoms with Crippen molar-refractivity contribution in [1.82, 2.24) is 9.88 Å². The molecule has 0 aliphatic carbocycles. The Morgan fingerprint density at radius 3 is 2.95 bits per heavy atom. The van der Waals surface area contributed by atoms with Gasteiger partial charge in [0, 0.05) is 30.7 Å². The molecule has 2 heterocycles. The predicted molar refractivity (Wildman–Crippen MR) is 75.3 cm³/mol. The van der Waals surface area contributed by atoms with Crippen LogP contribution in [-0.2, 0) is 4.74 Å². The van der Waals surface area contributed by atoms with E-state index in [1.807, 2.05) is 20.8 Å². The Morgan fingerprint density at radius 2 is 2.35 bits per heavy atom. The quantitative estimate of drug-likeness (QED) is 0.827. The number of aliphatic hydroxyl groups excluding tert-OH is 1. The molecule has 1 amide bonds. The zero-order chi connectivity index (χ0) is 14.9. The SMILES string of the molecule is Cc1cc(N)c(C(=O)N2CC(CO)OC(C)(C)C2)cn1. The van der Waals surface area contributed by atoms with E-state index in [1.165, 1.54) is 6.20 Å². The Kier molecular flexibility index (Phi) is 3.96. The minimum absolute atomic E-state index is 0.116. The largest absolute Gasteiger partial charge is 0.398 e. The van der Waals surface area contributed by atoms with Gasteiger partial charge in [-0.2, -0.15) is 0 Å². The lowest BCUT2D eigenvalue weighted by atomic mass is 10.0. The highest BCUT2D eigenvalue weighted by Gasteiger charge is 2.36. The van der Waals surface area contributed by atoms with Gasteiger partial charge >= 0.3 is 0 Å². The lowest BCUT2D eigenvalue weighted by Crippen LogP contribution is -2.55. The summed E-state index contributed by atoms with van der Waals surface area (Å²) < 4.78 is 5.70. The van der Waals surface area contributed by atoms with Crippen molar-refractivity contribution in [3.05, 3.63) is 23.5 Å². The van der Waals surface area contributed by atoms with Crippen LogP contribution in [0.1, 0.15) is 29.9 Å². The highest BCUT2D eigenvalue weighted by molar-refractivity contribution is 5.99. The van der Waals surface area contributed by atoms with E-state index in [4.69, 9.17) is 10.5 Å². The van der Waals surface area contributed by atoms with E-state index in [2.05, 4.69) is 4.98 Å². The van der Waals surface area contributed by atoms with E-state index in [1.54, 1.807) is 11.0 Å². The third-order valence-corrected chi connectivity index (χ3v) is 3.28. The number of nitrogen functional groups attached to an aromatic ring is 1. The normalized spacial score (nSPS) is 21.8. The molecule has 1 aromatic heterocycles. The van der Waals surface area contributed by atoms with Crippen molar-refractivity contribution in [1.29, 1.82) is 0 Å². The van der Waals surface area contributed by atoms with Crippen LogP contribution in [-0.4, -0.2) is 52.3 Å². The van der Waals surface area contributed by atoms with Gasteiger partial charge in [-0.25, -0.2) is 0 Å². The Balaban J connectivity index is 2.23. The van der Waals surface area contributed by atoms with Crippen LogP contribution in [0.5, 0.6) is 0 Å². The minimum atomic E-state index is -0.492. The molecule has 0 bridgehead atoms. The predicted octanol–water partition coefficient (Wildman–Crippen LogP) is 0.584. The summed E-state index contributed by atoms with van der Waals surface area (Å²) in [4.78, 5) is 18.3. The Hall–Kier alpha value is -1.66. The fourth-order valence-corrected chi connectivity index (χ4v) is 2.48. The number of rotatable bonds is 2. The first-order valence-corrected chi connectivity index (χ1v) is 6.62. The molecule has 20 heavy (non-hydrogen) atoms. The highest BCUT2D eigenvalue weighted by Crippen LogP contribution is 2.23. The maximum absolute atomic E-state index is 12.5. The van der Waals surface area contributed by atoms with Gasteiger partial charge in [-0.05, 0) is 26.8 Å². The number of hydrogen-bond donors (Lipinski definition) is 2. The molecule has 3 N–H and O–H groups in total. The average Bonchev–Trinajstić information content (AvgIpc) is 2.36. The third-order valence-electron chi connectivity index (χ3n) is 3.28. The molecule has 0 spiro atoms. The topological polar surface area (TPSA) is 88.7 Å². The first-order chi connectivity index (χ1) is 9.32. The summed E-state index contributed by atoms with van der Waals surface area (Å²) in [5.74, 6) is -0.176. The van der Waals surface area contributed by atoms with Crippen molar-refractivity contribution in [3.8, 4) is 0 Å². The van der Waals surface area contributed by atoms with Crippen LogP contribution in [0, 0.1) is 6.92 Å². The van der Waals surface area contributed by atoms with Gasteiger partial charge in [-0.3, -0.25) is 9.78 Å². The molecule has 6 nitrogen and oxygen atoms in total. The molecule has 2 rings (SSSR count). The number of hydrogen-bond acceptors (Lipinski definition) is 5. The zero-order valence-corrected chi connectivity index (χ0v) is 12.1. The summed E-state index contributed by atoms with van der Waals surface area (Å²) in [5, 5.41) is 9.28. The van der Waals surface area contributed by atoms with Gasteiger partial charge in [0.2, 0.25) is 0 Å². The van der Waals surface area contributed by atoms with E-state index in [-0.39, 0.29) is 18.6 Å². The highest BCUT2D eigenvalue weighted by atomic mass is 16.5. The molecule has 1 unspecified atom stereocenters. The van der Waals surface area contributed by atoms with Crippen LogP contribution in [0.15, 0.2) is 12.3 Å². The number of amides is 1. The van der Waals surface area contributed by atoms with Gasteiger partial charge in [-0.15, -0.1) is 0 Å². The third kappa shape index (κ3) is 3.08. The second kappa shape index (κ2) is 5.38. The molecule has 0 saturated carbocycles. The van der Waals surface area contributed by atoms with Crippen LogP contribution in [0.2, 0.25) is 0 Å². The maximum atomic E-state index is 12.5. The molecule has 0 aromatic carbocycles. The molecule has 1 aliphatic heterocycles. The number of aryl methyl sites for hydroxylation is 1. The smallest absolute Gasteiger partial charge is 0.257 e. The monoisotopic (exact) mass is 279 g/mol.